The highest BCUT2D eigenvalue weighted by Crippen LogP contribution is 2.33. The molecule has 0 saturated heterocycles. The van der Waals surface area contributed by atoms with Gasteiger partial charge in [-0.1, -0.05) is 6.42 Å². The van der Waals surface area contributed by atoms with E-state index in [0.717, 1.165) is 25.7 Å². The Kier molecular flexibility index (Phi) is 5.97. The summed E-state index contributed by atoms with van der Waals surface area (Å²) in [6.07, 6.45) is 7.28. The maximum atomic E-state index is 14.4. The SMILES string of the molecule is OCCCCCc1c(F)cc(-c2cccnc2OC2CCC2)cc1F. The van der Waals surface area contributed by atoms with Crippen molar-refractivity contribution in [2.24, 2.45) is 0 Å². The van der Waals surface area contributed by atoms with Gasteiger partial charge in [0, 0.05) is 23.9 Å². The van der Waals surface area contributed by atoms with Crippen LogP contribution in [-0.2, 0) is 6.42 Å². The number of ether oxygens (including phenoxy) is 1. The number of nitrogens with zero attached hydrogens (tertiary/aromatic N) is 1. The average molecular weight is 347 g/mol. The second-order valence-electron chi connectivity index (χ2n) is 6.48. The first-order chi connectivity index (χ1) is 12.2. The van der Waals surface area contributed by atoms with Crippen LogP contribution < -0.4 is 4.74 Å². The summed E-state index contributed by atoms with van der Waals surface area (Å²) in [5, 5.41) is 8.78. The Labute approximate surface area is 146 Å². The van der Waals surface area contributed by atoms with Crippen molar-refractivity contribution in [2.75, 3.05) is 6.61 Å². The van der Waals surface area contributed by atoms with Crippen LogP contribution in [0.25, 0.3) is 11.1 Å². The Morgan fingerprint density at radius 3 is 2.52 bits per heavy atom. The molecule has 0 aliphatic heterocycles. The molecule has 1 aliphatic carbocycles. The minimum atomic E-state index is -0.544. The third kappa shape index (κ3) is 4.34. The highest BCUT2D eigenvalue weighted by atomic mass is 19.1. The lowest BCUT2D eigenvalue weighted by atomic mass is 9.96. The maximum Gasteiger partial charge on any atom is 0.221 e. The molecule has 134 valence electrons. The van der Waals surface area contributed by atoms with E-state index in [1.165, 1.54) is 12.1 Å². The summed E-state index contributed by atoms with van der Waals surface area (Å²) >= 11 is 0. The van der Waals surface area contributed by atoms with Gasteiger partial charge in [0.2, 0.25) is 5.88 Å². The average Bonchev–Trinajstić information content (AvgIpc) is 2.57. The molecule has 3 nitrogen and oxygen atoms in total. The second-order valence-corrected chi connectivity index (χ2v) is 6.48. The summed E-state index contributed by atoms with van der Waals surface area (Å²) in [5.41, 5.74) is 1.16. The van der Waals surface area contributed by atoms with E-state index in [4.69, 9.17) is 9.84 Å². The van der Waals surface area contributed by atoms with Crippen LogP contribution in [-0.4, -0.2) is 22.8 Å². The summed E-state index contributed by atoms with van der Waals surface area (Å²) in [6.45, 7) is 0.106. The van der Waals surface area contributed by atoms with E-state index in [2.05, 4.69) is 4.98 Å². The number of hydrogen-bond donors (Lipinski definition) is 1. The molecule has 1 saturated carbocycles. The van der Waals surface area contributed by atoms with E-state index in [0.29, 0.717) is 36.3 Å². The predicted octanol–water partition coefficient (Wildman–Crippen LogP) is 4.66. The van der Waals surface area contributed by atoms with Gasteiger partial charge in [0.1, 0.15) is 17.7 Å². The van der Waals surface area contributed by atoms with Gasteiger partial charge in [-0.05, 0) is 68.4 Å². The molecule has 25 heavy (non-hydrogen) atoms. The number of aliphatic hydroxyl groups is 1. The van der Waals surface area contributed by atoms with Crippen molar-refractivity contribution in [1.82, 2.24) is 4.98 Å². The van der Waals surface area contributed by atoms with Crippen molar-refractivity contribution in [2.45, 2.75) is 51.0 Å². The number of aliphatic hydroxyl groups excluding tert-OH is 1. The van der Waals surface area contributed by atoms with E-state index < -0.39 is 11.6 Å². The van der Waals surface area contributed by atoms with E-state index in [1.54, 1.807) is 18.3 Å². The Morgan fingerprint density at radius 2 is 1.88 bits per heavy atom. The largest absolute Gasteiger partial charge is 0.474 e. The molecule has 1 fully saturated rings. The van der Waals surface area contributed by atoms with Crippen molar-refractivity contribution in [3.8, 4) is 17.0 Å². The van der Waals surface area contributed by atoms with Crippen LogP contribution in [0.1, 0.15) is 44.1 Å². The third-order valence-corrected chi connectivity index (χ3v) is 4.64. The first kappa shape index (κ1) is 17.8. The summed E-state index contributed by atoms with van der Waals surface area (Å²) in [4.78, 5) is 4.24. The molecule has 0 radical (unpaired) electrons. The summed E-state index contributed by atoms with van der Waals surface area (Å²) in [6, 6.07) is 6.22. The van der Waals surface area contributed by atoms with Gasteiger partial charge >= 0.3 is 0 Å². The highest BCUT2D eigenvalue weighted by Gasteiger charge is 2.22. The zero-order valence-electron chi connectivity index (χ0n) is 14.2. The van der Waals surface area contributed by atoms with Gasteiger partial charge in [0.15, 0.2) is 0 Å². The summed E-state index contributed by atoms with van der Waals surface area (Å²) < 4.78 is 34.7. The molecule has 0 spiro atoms. The monoisotopic (exact) mass is 347 g/mol. The van der Waals surface area contributed by atoms with E-state index in [-0.39, 0.29) is 18.3 Å². The number of rotatable bonds is 8. The topological polar surface area (TPSA) is 42.4 Å². The van der Waals surface area contributed by atoms with Crippen molar-refractivity contribution >= 4 is 0 Å². The number of pyridine rings is 1. The van der Waals surface area contributed by atoms with Crippen LogP contribution in [0.2, 0.25) is 0 Å². The van der Waals surface area contributed by atoms with Gasteiger partial charge in [0.05, 0.1) is 0 Å². The predicted molar refractivity (Wildman–Crippen MR) is 92.5 cm³/mol. The molecule has 0 unspecified atom stereocenters. The molecule has 0 amide bonds. The molecule has 3 rings (SSSR count). The van der Waals surface area contributed by atoms with Crippen molar-refractivity contribution in [1.29, 1.82) is 0 Å². The third-order valence-electron chi connectivity index (χ3n) is 4.64. The minimum Gasteiger partial charge on any atom is -0.474 e. The van der Waals surface area contributed by atoms with Crippen LogP contribution in [0.4, 0.5) is 8.78 Å². The Balaban J connectivity index is 1.81. The fraction of sp³-hybridized carbons (Fsp3) is 0.450. The minimum absolute atomic E-state index is 0.104. The molecule has 1 N–H and O–H groups in total. The molecule has 0 bridgehead atoms. The van der Waals surface area contributed by atoms with Gasteiger partial charge in [-0.25, -0.2) is 13.8 Å². The normalized spacial score (nSPS) is 14.4. The van der Waals surface area contributed by atoms with Crippen LogP contribution in [0.15, 0.2) is 30.5 Å². The zero-order chi connectivity index (χ0) is 17.6. The second kappa shape index (κ2) is 8.39. The van der Waals surface area contributed by atoms with Gasteiger partial charge in [-0.3, -0.25) is 0 Å². The highest BCUT2D eigenvalue weighted by molar-refractivity contribution is 5.69. The molecular formula is C20H23F2NO2. The van der Waals surface area contributed by atoms with Gasteiger partial charge in [-0.2, -0.15) is 0 Å². The molecule has 1 heterocycles. The van der Waals surface area contributed by atoms with Gasteiger partial charge in [-0.15, -0.1) is 0 Å². The van der Waals surface area contributed by atoms with E-state index >= 15 is 0 Å². The maximum absolute atomic E-state index is 14.4. The smallest absolute Gasteiger partial charge is 0.221 e. The number of benzene rings is 1. The lowest BCUT2D eigenvalue weighted by Gasteiger charge is -2.26. The zero-order valence-corrected chi connectivity index (χ0v) is 14.2. The van der Waals surface area contributed by atoms with Crippen molar-refractivity contribution in [3.63, 3.8) is 0 Å². The molecule has 5 heteroatoms. The molecular weight excluding hydrogens is 324 g/mol. The molecule has 0 atom stereocenters. The lowest BCUT2D eigenvalue weighted by Crippen LogP contribution is -2.25. The van der Waals surface area contributed by atoms with Crippen LogP contribution >= 0.6 is 0 Å². The quantitative estimate of drug-likeness (QED) is 0.706. The Hall–Kier alpha value is -2.01. The van der Waals surface area contributed by atoms with E-state index in [9.17, 15) is 8.78 Å². The van der Waals surface area contributed by atoms with E-state index in [1.807, 2.05) is 0 Å². The van der Waals surface area contributed by atoms with Gasteiger partial charge < -0.3 is 9.84 Å². The van der Waals surface area contributed by atoms with Crippen molar-refractivity contribution < 1.29 is 18.6 Å². The molecule has 2 aromatic rings. The number of hydrogen-bond acceptors (Lipinski definition) is 3. The van der Waals surface area contributed by atoms with Gasteiger partial charge in [0.25, 0.3) is 0 Å². The molecule has 1 aromatic heterocycles. The molecule has 1 aliphatic rings. The first-order valence-electron chi connectivity index (χ1n) is 8.90. The number of halogens is 2. The van der Waals surface area contributed by atoms with Crippen LogP contribution in [0.3, 0.4) is 0 Å². The Morgan fingerprint density at radius 1 is 1.12 bits per heavy atom. The fourth-order valence-electron chi connectivity index (χ4n) is 2.94. The Bertz CT molecular complexity index is 694. The van der Waals surface area contributed by atoms with Crippen LogP contribution in [0.5, 0.6) is 5.88 Å². The number of aromatic nitrogens is 1. The standard InChI is InChI=1S/C20H23F2NO2/c21-18-12-14(13-19(22)17(18)8-2-1-3-11-24)16-9-5-10-23-20(16)25-15-6-4-7-15/h5,9-10,12-13,15,24H,1-4,6-8,11H2. The van der Waals surface area contributed by atoms with Crippen LogP contribution in [0, 0.1) is 11.6 Å². The summed E-state index contributed by atoms with van der Waals surface area (Å²) in [5.74, 6) is -0.656. The summed E-state index contributed by atoms with van der Waals surface area (Å²) in [7, 11) is 0. The molecule has 1 aromatic carbocycles. The number of unbranched alkanes of at least 4 members (excludes halogenated alkanes) is 2. The van der Waals surface area contributed by atoms with Crippen molar-refractivity contribution in [3.05, 3.63) is 47.7 Å². The fourth-order valence-corrected chi connectivity index (χ4v) is 2.94. The first-order valence-corrected chi connectivity index (χ1v) is 8.90. The lowest BCUT2D eigenvalue weighted by molar-refractivity contribution is 0.115.